The number of para-hydroxylation sites is 8. The van der Waals surface area contributed by atoms with E-state index in [9.17, 15) is 0 Å². The first-order valence-electron chi connectivity index (χ1n) is 27.8. The van der Waals surface area contributed by atoms with Crippen LogP contribution in [0.25, 0.3) is 150 Å². The van der Waals surface area contributed by atoms with Crippen molar-refractivity contribution < 1.29 is 4.57 Å². The molecule has 82 heavy (non-hydrogen) atoms. The molecule has 0 bridgehead atoms. The van der Waals surface area contributed by atoms with Crippen LogP contribution in [0.5, 0.6) is 0 Å². The van der Waals surface area contributed by atoms with Gasteiger partial charge in [0.2, 0.25) is 0 Å². The minimum absolute atomic E-state index is 0.509. The van der Waals surface area contributed by atoms with Gasteiger partial charge in [-0.1, -0.05) is 212 Å². The van der Waals surface area contributed by atoms with Crippen molar-refractivity contribution in [2.75, 3.05) is 0 Å². The Hall–Kier alpha value is -11.2. The minimum Gasteiger partial charge on any atom is -0.306 e. The molecule has 0 aliphatic heterocycles. The van der Waals surface area contributed by atoms with E-state index >= 15 is 0 Å². The second-order valence-corrected chi connectivity index (χ2v) is 20.9. The van der Waals surface area contributed by atoms with Crippen LogP contribution in [0.1, 0.15) is 0 Å². The molecule has 0 aliphatic rings. The van der Waals surface area contributed by atoms with E-state index in [2.05, 4.69) is 296 Å². The van der Waals surface area contributed by atoms with Gasteiger partial charge in [-0.2, -0.15) is 4.57 Å². The maximum absolute atomic E-state index is 5.88. The highest BCUT2D eigenvalue weighted by atomic mass is 15.2. The number of fused-ring (bicyclic) bond motifs is 12. The van der Waals surface area contributed by atoms with E-state index in [1.54, 1.807) is 0 Å². The fourth-order valence-electron chi connectivity index (χ4n) is 13.1. The molecule has 0 N–H and O–H groups in total. The predicted octanol–water partition coefficient (Wildman–Crippen LogP) is 17.5. The molecule has 0 saturated heterocycles. The Morgan fingerprint density at radius 2 is 0.451 bits per heavy atom. The van der Waals surface area contributed by atoms with E-state index in [4.69, 9.17) is 15.0 Å². The molecule has 6 aromatic heterocycles. The highest BCUT2D eigenvalue weighted by molar-refractivity contribution is 6.17. The Morgan fingerprint density at radius 3 is 0.744 bits per heavy atom. The summed E-state index contributed by atoms with van der Waals surface area (Å²) in [4.78, 5) is 17.2. The fourth-order valence-corrected chi connectivity index (χ4v) is 13.1. The van der Waals surface area contributed by atoms with E-state index in [1.807, 2.05) is 12.1 Å². The Labute approximate surface area is 470 Å². The topological polar surface area (TPSA) is 62.3 Å². The lowest BCUT2D eigenvalue weighted by Crippen LogP contribution is -2.34. The van der Waals surface area contributed by atoms with Gasteiger partial charge in [-0.05, 0) is 48.5 Å². The molecule has 0 saturated carbocycles. The van der Waals surface area contributed by atoms with Gasteiger partial charge >= 0.3 is 0 Å². The normalized spacial score (nSPS) is 11.9. The summed E-state index contributed by atoms with van der Waals surface area (Å²) in [6.07, 6.45) is 4.41. The molecule has 0 radical (unpaired) electrons. The summed E-state index contributed by atoms with van der Waals surface area (Å²) in [6.45, 7) is 0. The van der Waals surface area contributed by atoms with Gasteiger partial charge in [0.05, 0.1) is 61.1 Å². The van der Waals surface area contributed by atoms with Crippen LogP contribution in [0.15, 0.2) is 285 Å². The zero-order chi connectivity index (χ0) is 53.8. The summed E-state index contributed by atoms with van der Waals surface area (Å²) in [5.74, 6) is 1.63. The zero-order valence-corrected chi connectivity index (χ0v) is 44.2. The molecular formula is C74H47N8+. The van der Waals surface area contributed by atoms with Crippen molar-refractivity contribution in [3.63, 3.8) is 0 Å². The molecule has 6 heterocycles. The molecule has 11 aromatic carbocycles. The second-order valence-electron chi connectivity index (χ2n) is 20.9. The number of pyridine rings is 1. The lowest BCUT2D eigenvalue weighted by molar-refractivity contribution is -0.595. The molecule has 8 heteroatoms. The number of benzene rings is 11. The van der Waals surface area contributed by atoms with Gasteiger partial charge in [-0.15, -0.1) is 0 Å². The van der Waals surface area contributed by atoms with Crippen molar-refractivity contribution in [1.82, 2.24) is 33.2 Å². The van der Waals surface area contributed by atoms with Crippen LogP contribution in [0.3, 0.4) is 0 Å². The summed E-state index contributed by atoms with van der Waals surface area (Å²) in [6, 6.07) is 97.8. The largest absolute Gasteiger partial charge is 0.306 e. The Kier molecular flexibility index (Phi) is 10.1. The third-order valence-corrected chi connectivity index (χ3v) is 16.5. The Morgan fingerprint density at radius 1 is 0.220 bits per heavy atom. The first-order valence-corrected chi connectivity index (χ1v) is 27.8. The summed E-state index contributed by atoms with van der Waals surface area (Å²) in [5.41, 5.74) is 15.5. The third kappa shape index (κ3) is 6.72. The smallest absolute Gasteiger partial charge is 0.263 e. The van der Waals surface area contributed by atoms with Gasteiger partial charge in [0.1, 0.15) is 11.4 Å². The van der Waals surface area contributed by atoms with E-state index in [0.717, 1.165) is 132 Å². The van der Waals surface area contributed by atoms with Crippen LogP contribution < -0.4 is 4.57 Å². The maximum atomic E-state index is 5.88. The second kappa shape index (κ2) is 18.2. The summed E-state index contributed by atoms with van der Waals surface area (Å²) >= 11 is 0. The van der Waals surface area contributed by atoms with E-state index < -0.39 is 0 Å². The van der Waals surface area contributed by atoms with Gasteiger partial charge in [-0.25, -0.2) is 15.0 Å². The van der Waals surface area contributed by atoms with Crippen LogP contribution in [-0.2, 0) is 0 Å². The number of aromatic nitrogens is 8. The number of nitrogens with zero attached hydrogens (tertiary/aromatic N) is 8. The van der Waals surface area contributed by atoms with Gasteiger partial charge in [-0.3, -0.25) is 0 Å². The monoisotopic (exact) mass is 1050 g/mol. The van der Waals surface area contributed by atoms with Crippen molar-refractivity contribution in [1.29, 1.82) is 0 Å². The Bertz CT molecular complexity index is 4880. The van der Waals surface area contributed by atoms with Crippen molar-refractivity contribution in [2.45, 2.75) is 0 Å². The van der Waals surface area contributed by atoms with Crippen LogP contribution in [0.4, 0.5) is 0 Å². The van der Waals surface area contributed by atoms with Crippen molar-refractivity contribution in [2.24, 2.45) is 0 Å². The Balaban J connectivity index is 1.26. The van der Waals surface area contributed by atoms with Crippen molar-refractivity contribution in [3.8, 4) is 62.6 Å². The SMILES string of the molecule is c1ccc(-c2nc(-c3ccccc3)nc(-c3c(-n4c5ccccc5c5ccccc54)c(-n4c5ccccc5c5ccccc54)c(-[n+]4ccccc4)c(-n4c5ccccc5c5ccccc54)c3-n3c4ccccc4c4ccccc43)n2)cc1. The van der Waals surface area contributed by atoms with Crippen LogP contribution in [-0.4, -0.2) is 33.2 Å². The standard InChI is InChI=1S/C74H47N8/c1-4-26-48(27-5-1)72-75-73(49-28-6-2-7-29-49)77-74(76-72)66-67(79-58-38-16-8-30-50(58)51-31-9-17-39-59(51)79)70(81-62-42-20-12-34-54(62)55-35-13-21-43-63(55)81)69(78-46-24-3-25-47-78)71(82-64-44-22-14-36-56(64)57-37-15-23-45-65(57)82)68(66)80-60-40-18-10-32-52(60)53-33-11-19-41-61(53)80/h1-47H/q+1. The van der Waals surface area contributed by atoms with E-state index in [1.165, 1.54) is 0 Å². The number of hydrogen-bond acceptors (Lipinski definition) is 3. The summed E-state index contributed by atoms with van der Waals surface area (Å²) in [5, 5.41) is 9.06. The highest BCUT2D eigenvalue weighted by Gasteiger charge is 2.40. The summed E-state index contributed by atoms with van der Waals surface area (Å²) < 4.78 is 12.4. The fraction of sp³-hybridized carbons (Fsp3) is 0. The molecule has 0 amide bonds. The van der Waals surface area contributed by atoms with Crippen LogP contribution in [0.2, 0.25) is 0 Å². The third-order valence-electron chi connectivity index (χ3n) is 16.5. The molecule has 8 nitrogen and oxygen atoms in total. The number of rotatable bonds is 8. The lowest BCUT2D eigenvalue weighted by atomic mass is 9.99. The van der Waals surface area contributed by atoms with Crippen molar-refractivity contribution >= 4 is 87.2 Å². The minimum atomic E-state index is 0.509. The summed E-state index contributed by atoms with van der Waals surface area (Å²) in [7, 11) is 0. The van der Waals surface area contributed by atoms with Gasteiger partial charge in [0, 0.05) is 66.3 Å². The average Bonchev–Trinajstić information content (AvgIpc) is 2.28. The highest BCUT2D eigenvalue weighted by Crippen LogP contribution is 2.52. The molecule has 17 aromatic rings. The molecule has 0 unspecified atom stereocenters. The molecule has 0 fully saturated rings. The average molecular weight is 1050 g/mol. The van der Waals surface area contributed by atoms with Crippen LogP contribution >= 0.6 is 0 Å². The first-order chi connectivity index (χ1) is 40.8. The van der Waals surface area contributed by atoms with Crippen LogP contribution in [0, 0.1) is 0 Å². The molecule has 0 atom stereocenters. The quantitative estimate of drug-likeness (QED) is 0.142. The van der Waals surface area contributed by atoms with Gasteiger partial charge < -0.3 is 18.3 Å². The molecule has 0 aliphatic carbocycles. The first kappa shape index (κ1) is 45.8. The van der Waals surface area contributed by atoms with Gasteiger partial charge in [0.25, 0.3) is 5.69 Å². The van der Waals surface area contributed by atoms with E-state index in [-0.39, 0.29) is 0 Å². The van der Waals surface area contributed by atoms with Crippen molar-refractivity contribution in [3.05, 3.63) is 285 Å². The maximum Gasteiger partial charge on any atom is 0.263 e. The zero-order valence-electron chi connectivity index (χ0n) is 44.2. The number of hydrogen-bond donors (Lipinski definition) is 0. The predicted molar refractivity (Wildman–Crippen MR) is 335 cm³/mol. The van der Waals surface area contributed by atoms with Gasteiger partial charge in [0.15, 0.2) is 29.9 Å². The van der Waals surface area contributed by atoms with E-state index in [0.29, 0.717) is 17.5 Å². The molecule has 17 rings (SSSR count). The lowest BCUT2D eigenvalue weighted by Gasteiger charge is -2.28. The molecular weight excluding hydrogens is 1000 g/mol. The molecule has 0 spiro atoms. The molecule has 382 valence electrons.